The first-order valence-electron chi connectivity index (χ1n) is 5.10. The van der Waals surface area contributed by atoms with Gasteiger partial charge in [-0.05, 0) is 44.9 Å². The second kappa shape index (κ2) is 2.88. The highest BCUT2D eigenvalue weighted by Crippen LogP contribution is 2.45. The normalized spacial score (nSPS) is 34.7. The van der Waals surface area contributed by atoms with Crippen LogP contribution in [0.3, 0.4) is 0 Å². The van der Waals surface area contributed by atoms with Gasteiger partial charge in [0.2, 0.25) is 0 Å². The molecule has 0 aromatic rings. The molecule has 2 rings (SSSR count). The van der Waals surface area contributed by atoms with E-state index < -0.39 is 5.60 Å². The van der Waals surface area contributed by atoms with Crippen molar-refractivity contribution in [3.05, 3.63) is 12.2 Å². The van der Waals surface area contributed by atoms with Gasteiger partial charge in [-0.3, -0.25) is 0 Å². The molecule has 2 aliphatic rings. The highest BCUT2D eigenvalue weighted by atomic mass is 16.3. The zero-order valence-corrected chi connectivity index (χ0v) is 7.79. The van der Waals surface area contributed by atoms with Crippen LogP contribution in [0.15, 0.2) is 12.2 Å². The third-order valence-electron chi connectivity index (χ3n) is 3.41. The standard InChI is InChI=1S/C11H18O/c1-11(12,10-7-8-10)9-5-3-2-4-6-9/h3,5,9-10,12H,2,4,6-8H2,1H3. The van der Waals surface area contributed by atoms with Crippen LogP contribution >= 0.6 is 0 Å². The van der Waals surface area contributed by atoms with Crippen LogP contribution in [-0.4, -0.2) is 10.7 Å². The maximum absolute atomic E-state index is 10.2. The Morgan fingerprint density at radius 2 is 2.08 bits per heavy atom. The number of hydrogen-bond acceptors (Lipinski definition) is 1. The Balaban J connectivity index is 2.05. The van der Waals surface area contributed by atoms with Crippen LogP contribution in [0.5, 0.6) is 0 Å². The van der Waals surface area contributed by atoms with Crippen LogP contribution in [0.4, 0.5) is 0 Å². The quantitative estimate of drug-likeness (QED) is 0.625. The molecule has 1 heteroatoms. The third kappa shape index (κ3) is 1.42. The van der Waals surface area contributed by atoms with E-state index in [2.05, 4.69) is 12.2 Å². The Hall–Kier alpha value is -0.300. The van der Waals surface area contributed by atoms with E-state index in [1.165, 1.54) is 32.1 Å². The molecule has 1 saturated carbocycles. The molecule has 0 bridgehead atoms. The summed E-state index contributed by atoms with van der Waals surface area (Å²) in [7, 11) is 0. The minimum Gasteiger partial charge on any atom is -0.389 e. The van der Waals surface area contributed by atoms with Gasteiger partial charge in [0.25, 0.3) is 0 Å². The molecule has 12 heavy (non-hydrogen) atoms. The lowest BCUT2D eigenvalue weighted by Crippen LogP contribution is -2.36. The summed E-state index contributed by atoms with van der Waals surface area (Å²) in [6, 6.07) is 0. The van der Waals surface area contributed by atoms with Crippen molar-refractivity contribution >= 4 is 0 Å². The van der Waals surface area contributed by atoms with E-state index in [0.29, 0.717) is 11.8 Å². The van der Waals surface area contributed by atoms with E-state index in [0.717, 1.165) is 0 Å². The predicted octanol–water partition coefficient (Wildman–Crippen LogP) is 2.50. The summed E-state index contributed by atoms with van der Waals surface area (Å²) < 4.78 is 0. The van der Waals surface area contributed by atoms with Gasteiger partial charge >= 0.3 is 0 Å². The fraction of sp³-hybridized carbons (Fsp3) is 0.818. The van der Waals surface area contributed by atoms with E-state index in [-0.39, 0.29) is 0 Å². The largest absolute Gasteiger partial charge is 0.389 e. The molecule has 0 aliphatic heterocycles. The van der Waals surface area contributed by atoms with Crippen LogP contribution in [0, 0.1) is 11.8 Å². The molecular weight excluding hydrogens is 148 g/mol. The monoisotopic (exact) mass is 166 g/mol. The van der Waals surface area contributed by atoms with Gasteiger partial charge in [-0.2, -0.15) is 0 Å². The van der Waals surface area contributed by atoms with Crippen LogP contribution in [0.25, 0.3) is 0 Å². The Labute approximate surface area is 74.5 Å². The van der Waals surface area contributed by atoms with Crippen LogP contribution < -0.4 is 0 Å². The van der Waals surface area contributed by atoms with Gasteiger partial charge in [0.1, 0.15) is 0 Å². The Morgan fingerprint density at radius 1 is 1.33 bits per heavy atom. The predicted molar refractivity (Wildman–Crippen MR) is 49.8 cm³/mol. The van der Waals surface area contributed by atoms with E-state index in [9.17, 15) is 5.11 Å². The fourth-order valence-corrected chi connectivity index (χ4v) is 2.27. The van der Waals surface area contributed by atoms with Crippen molar-refractivity contribution in [1.82, 2.24) is 0 Å². The summed E-state index contributed by atoms with van der Waals surface area (Å²) in [5.41, 5.74) is -0.406. The molecule has 68 valence electrons. The first-order valence-corrected chi connectivity index (χ1v) is 5.10. The first kappa shape index (κ1) is 8.31. The number of aliphatic hydroxyl groups is 1. The summed E-state index contributed by atoms with van der Waals surface area (Å²) in [4.78, 5) is 0. The second-order valence-corrected chi connectivity index (χ2v) is 4.47. The van der Waals surface area contributed by atoms with Gasteiger partial charge in [-0.15, -0.1) is 0 Å². The van der Waals surface area contributed by atoms with Gasteiger partial charge in [-0.1, -0.05) is 12.2 Å². The molecule has 0 aromatic heterocycles. The molecule has 0 saturated heterocycles. The molecule has 0 heterocycles. The molecule has 1 N–H and O–H groups in total. The van der Waals surface area contributed by atoms with Crippen molar-refractivity contribution in [2.24, 2.45) is 11.8 Å². The average Bonchev–Trinajstić information content (AvgIpc) is 2.88. The second-order valence-electron chi connectivity index (χ2n) is 4.47. The van der Waals surface area contributed by atoms with Crippen molar-refractivity contribution < 1.29 is 5.11 Å². The van der Waals surface area contributed by atoms with Crippen molar-refractivity contribution in [2.75, 3.05) is 0 Å². The van der Waals surface area contributed by atoms with E-state index >= 15 is 0 Å². The zero-order chi connectivity index (χ0) is 8.60. The summed E-state index contributed by atoms with van der Waals surface area (Å²) in [6.07, 6.45) is 10.6. The molecule has 1 nitrogen and oxygen atoms in total. The topological polar surface area (TPSA) is 20.2 Å². The number of hydrogen-bond donors (Lipinski definition) is 1. The Morgan fingerprint density at radius 3 is 2.58 bits per heavy atom. The van der Waals surface area contributed by atoms with Gasteiger partial charge in [0.05, 0.1) is 5.60 Å². The summed E-state index contributed by atoms with van der Waals surface area (Å²) in [5.74, 6) is 1.02. The first-order chi connectivity index (χ1) is 5.71. The maximum Gasteiger partial charge on any atom is 0.0710 e. The molecule has 2 aliphatic carbocycles. The SMILES string of the molecule is CC(O)(C1C=CCCC1)C1CC1. The van der Waals surface area contributed by atoms with Crippen LogP contribution in [0.2, 0.25) is 0 Å². The number of rotatable bonds is 2. The van der Waals surface area contributed by atoms with E-state index in [1.54, 1.807) is 0 Å². The summed E-state index contributed by atoms with van der Waals surface area (Å²) in [5, 5.41) is 10.2. The lowest BCUT2D eigenvalue weighted by atomic mass is 9.79. The molecule has 2 unspecified atom stereocenters. The lowest BCUT2D eigenvalue weighted by Gasteiger charge is -2.32. The van der Waals surface area contributed by atoms with Crippen molar-refractivity contribution in [1.29, 1.82) is 0 Å². The summed E-state index contributed by atoms with van der Waals surface area (Å²) >= 11 is 0. The Kier molecular flexibility index (Phi) is 1.99. The minimum atomic E-state index is -0.406. The highest BCUT2D eigenvalue weighted by Gasteiger charge is 2.44. The van der Waals surface area contributed by atoms with E-state index in [4.69, 9.17) is 0 Å². The molecule has 0 amide bonds. The summed E-state index contributed by atoms with van der Waals surface area (Å²) in [6.45, 7) is 2.02. The molecule has 0 radical (unpaired) electrons. The molecule has 0 spiro atoms. The number of allylic oxidation sites excluding steroid dienone is 1. The van der Waals surface area contributed by atoms with Gasteiger partial charge in [-0.25, -0.2) is 0 Å². The third-order valence-corrected chi connectivity index (χ3v) is 3.41. The van der Waals surface area contributed by atoms with Crippen LogP contribution in [-0.2, 0) is 0 Å². The smallest absolute Gasteiger partial charge is 0.0710 e. The zero-order valence-electron chi connectivity index (χ0n) is 7.79. The molecular formula is C11H18O. The van der Waals surface area contributed by atoms with Gasteiger partial charge < -0.3 is 5.11 Å². The maximum atomic E-state index is 10.2. The van der Waals surface area contributed by atoms with Crippen molar-refractivity contribution in [3.63, 3.8) is 0 Å². The van der Waals surface area contributed by atoms with E-state index in [1.807, 2.05) is 6.92 Å². The average molecular weight is 166 g/mol. The Bertz CT molecular complexity index is 189. The van der Waals surface area contributed by atoms with Crippen molar-refractivity contribution in [3.8, 4) is 0 Å². The molecule has 2 atom stereocenters. The molecule has 0 aromatic carbocycles. The lowest BCUT2D eigenvalue weighted by molar-refractivity contribution is -0.00878. The molecule has 1 fully saturated rings. The van der Waals surface area contributed by atoms with Crippen molar-refractivity contribution in [2.45, 2.75) is 44.6 Å². The highest BCUT2D eigenvalue weighted by molar-refractivity contribution is 5.06. The van der Waals surface area contributed by atoms with Gasteiger partial charge in [0.15, 0.2) is 0 Å². The fourth-order valence-electron chi connectivity index (χ4n) is 2.27. The van der Waals surface area contributed by atoms with Gasteiger partial charge in [0, 0.05) is 5.92 Å². The van der Waals surface area contributed by atoms with Crippen LogP contribution in [0.1, 0.15) is 39.0 Å². The minimum absolute atomic E-state index is 0.406.